The van der Waals surface area contributed by atoms with Gasteiger partial charge in [-0.2, -0.15) is 0 Å². The van der Waals surface area contributed by atoms with Gasteiger partial charge < -0.3 is 14.5 Å². The fraction of sp³-hybridized carbons (Fsp3) is 0.750. The summed E-state index contributed by atoms with van der Waals surface area (Å²) in [7, 11) is 3.23. The number of rotatable bonds is 0. The summed E-state index contributed by atoms with van der Waals surface area (Å²) in [5.41, 5.74) is -0.359. The summed E-state index contributed by atoms with van der Waals surface area (Å²) >= 11 is 0. The van der Waals surface area contributed by atoms with Crippen LogP contribution < -0.4 is 0 Å². The fourth-order valence-corrected chi connectivity index (χ4v) is 0.850. The Morgan fingerprint density at radius 2 is 2.23 bits per heavy atom. The Morgan fingerprint density at radius 1 is 1.62 bits per heavy atom. The first-order chi connectivity index (χ1) is 5.91. The minimum absolute atomic E-state index is 0.337. The molecule has 0 radical (unpaired) electrons. The number of carbonyl (C=O) groups excluding carboxylic acids is 1. The maximum atomic E-state index is 11.1. The molecule has 5 heteroatoms. The Kier molecular flexibility index (Phi) is 2.45. The lowest BCUT2D eigenvalue weighted by atomic mass is 10.1. The third-order valence-electron chi connectivity index (χ3n) is 1.54. The number of hydrogen-bond acceptors (Lipinski definition) is 4. The zero-order chi connectivity index (χ0) is 10.1. The normalized spacial score (nSPS) is 18.9. The smallest absolute Gasteiger partial charge is 0.392 e. The molecular weight excluding hydrogens is 172 g/mol. The molecule has 1 rings (SSSR count). The number of hydrogen-bond donors (Lipinski definition) is 0. The van der Waals surface area contributed by atoms with Crippen LogP contribution in [0, 0.1) is 0 Å². The van der Waals surface area contributed by atoms with E-state index in [9.17, 15) is 4.79 Å². The third kappa shape index (κ3) is 2.61. The molecule has 1 aliphatic rings. The van der Waals surface area contributed by atoms with Crippen LogP contribution >= 0.6 is 0 Å². The minimum atomic E-state index is -0.431. The average molecular weight is 186 g/mol. The van der Waals surface area contributed by atoms with E-state index in [0.717, 1.165) is 0 Å². The third-order valence-corrected chi connectivity index (χ3v) is 1.54. The van der Waals surface area contributed by atoms with E-state index >= 15 is 0 Å². The molecule has 0 atom stereocenters. The molecule has 0 unspecified atom stereocenters. The predicted octanol–water partition coefficient (Wildman–Crippen LogP) is 1.20. The van der Waals surface area contributed by atoms with Crippen LogP contribution in [0.3, 0.4) is 0 Å². The summed E-state index contributed by atoms with van der Waals surface area (Å²) in [5.74, 6) is 0.337. The van der Waals surface area contributed by atoms with E-state index in [1.54, 1.807) is 14.1 Å². The molecule has 0 aromatic heterocycles. The van der Waals surface area contributed by atoms with Gasteiger partial charge in [0.25, 0.3) is 0 Å². The molecular formula is C8H14N2O3. The highest BCUT2D eigenvalue weighted by atomic mass is 16.7. The van der Waals surface area contributed by atoms with Crippen LogP contribution in [-0.4, -0.2) is 36.6 Å². The van der Waals surface area contributed by atoms with Gasteiger partial charge in [0.2, 0.25) is 5.90 Å². The van der Waals surface area contributed by atoms with Gasteiger partial charge in [-0.1, -0.05) is 5.16 Å². The summed E-state index contributed by atoms with van der Waals surface area (Å²) < 4.78 is 4.92. The minimum Gasteiger partial charge on any atom is -0.392 e. The summed E-state index contributed by atoms with van der Waals surface area (Å²) in [6, 6.07) is 0. The molecule has 13 heavy (non-hydrogen) atoms. The molecule has 1 aliphatic heterocycles. The summed E-state index contributed by atoms with van der Waals surface area (Å²) in [6.45, 7) is 3.76. The summed E-state index contributed by atoms with van der Waals surface area (Å²) in [4.78, 5) is 17.4. The molecule has 0 saturated heterocycles. The van der Waals surface area contributed by atoms with Gasteiger partial charge in [0.1, 0.15) is 5.60 Å². The molecule has 1 heterocycles. The summed E-state index contributed by atoms with van der Waals surface area (Å²) in [5, 5.41) is 3.66. The maximum absolute atomic E-state index is 11.1. The van der Waals surface area contributed by atoms with E-state index in [1.807, 2.05) is 13.8 Å². The van der Waals surface area contributed by atoms with Crippen LogP contribution in [0.25, 0.3) is 0 Å². The lowest BCUT2D eigenvalue weighted by molar-refractivity contribution is 0.0123. The van der Waals surface area contributed by atoms with Crippen molar-refractivity contribution in [3.63, 3.8) is 0 Å². The standard InChI is InChI=1S/C8H14N2O3/c1-8(2)5-6(9-13-8)12-7(11)10(3)4/h5H2,1-4H3. The van der Waals surface area contributed by atoms with E-state index < -0.39 is 6.09 Å². The van der Waals surface area contributed by atoms with Gasteiger partial charge in [-0.25, -0.2) is 4.79 Å². The topological polar surface area (TPSA) is 51.1 Å². The second-order valence-electron chi connectivity index (χ2n) is 3.78. The number of carbonyl (C=O) groups is 1. The first-order valence-electron chi connectivity index (χ1n) is 4.05. The highest BCUT2D eigenvalue weighted by molar-refractivity contribution is 5.88. The molecule has 0 bridgehead atoms. The van der Waals surface area contributed by atoms with Gasteiger partial charge in [-0.15, -0.1) is 0 Å². The summed E-state index contributed by atoms with van der Waals surface area (Å²) in [6.07, 6.45) is 0.0899. The lowest BCUT2D eigenvalue weighted by Gasteiger charge is -2.13. The highest BCUT2D eigenvalue weighted by Gasteiger charge is 2.31. The Balaban J connectivity index is 2.45. The number of oxime groups is 1. The molecule has 5 nitrogen and oxygen atoms in total. The van der Waals surface area contributed by atoms with Crippen molar-refractivity contribution in [3.05, 3.63) is 0 Å². The number of ether oxygens (including phenoxy) is 1. The zero-order valence-corrected chi connectivity index (χ0v) is 8.33. The number of nitrogens with zero attached hydrogens (tertiary/aromatic N) is 2. The van der Waals surface area contributed by atoms with Crippen molar-refractivity contribution in [2.45, 2.75) is 25.9 Å². The van der Waals surface area contributed by atoms with Gasteiger partial charge in [-0.05, 0) is 13.8 Å². The zero-order valence-electron chi connectivity index (χ0n) is 8.33. The Morgan fingerprint density at radius 3 is 2.62 bits per heavy atom. The van der Waals surface area contributed by atoms with Crippen LogP contribution in [0.4, 0.5) is 4.79 Å². The SMILES string of the molecule is CN(C)C(=O)OC1=NOC(C)(C)C1. The molecule has 0 fully saturated rings. The molecule has 74 valence electrons. The van der Waals surface area contributed by atoms with Crippen LogP contribution in [-0.2, 0) is 9.57 Å². The Hall–Kier alpha value is -1.26. The van der Waals surface area contributed by atoms with Gasteiger partial charge in [0.05, 0.1) is 6.42 Å². The van der Waals surface area contributed by atoms with Crippen molar-refractivity contribution in [1.29, 1.82) is 0 Å². The van der Waals surface area contributed by atoms with Crippen molar-refractivity contribution in [3.8, 4) is 0 Å². The quantitative estimate of drug-likeness (QED) is 0.571. The Bertz CT molecular complexity index is 246. The van der Waals surface area contributed by atoms with Crippen LogP contribution in [0.5, 0.6) is 0 Å². The molecule has 1 amide bonds. The van der Waals surface area contributed by atoms with Crippen molar-refractivity contribution in [2.75, 3.05) is 14.1 Å². The van der Waals surface area contributed by atoms with Crippen LogP contribution in [0.2, 0.25) is 0 Å². The van der Waals surface area contributed by atoms with E-state index in [0.29, 0.717) is 12.3 Å². The lowest BCUT2D eigenvalue weighted by Crippen LogP contribution is -2.27. The predicted molar refractivity (Wildman–Crippen MR) is 47.4 cm³/mol. The molecule has 0 aromatic carbocycles. The maximum Gasteiger partial charge on any atom is 0.415 e. The van der Waals surface area contributed by atoms with Crippen molar-refractivity contribution in [2.24, 2.45) is 5.16 Å². The number of amides is 1. The van der Waals surface area contributed by atoms with Gasteiger partial charge in [0.15, 0.2) is 0 Å². The van der Waals surface area contributed by atoms with E-state index in [2.05, 4.69) is 5.16 Å². The van der Waals surface area contributed by atoms with Crippen LogP contribution in [0.1, 0.15) is 20.3 Å². The van der Waals surface area contributed by atoms with Gasteiger partial charge in [-0.3, -0.25) is 0 Å². The molecule has 0 spiro atoms. The van der Waals surface area contributed by atoms with Crippen LogP contribution in [0.15, 0.2) is 5.16 Å². The largest absolute Gasteiger partial charge is 0.415 e. The molecule has 0 saturated carbocycles. The monoisotopic (exact) mass is 186 g/mol. The molecule has 0 aliphatic carbocycles. The van der Waals surface area contributed by atoms with Gasteiger partial charge in [0, 0.05) is 14.1 Å². The van der Waals surface area contributed by atoms with E-state index in [4.69, 9.17) is 9.57 Å². The first kappa shape index (κ1) is 9.83. The van der Waals surface area contributed by atoms with Gasteiger partial charge >= 0.3 is 6.09 Å². The Labute approximate surface area is 77.3 Å². The second kappa shape index (κ2) is 3.24. The van der Waals surface area contributed by atoms with E-state index in [1.165, 1.54) is 4.90 Å². The second-order valence-corrected chi connectivity index (χ2v) is 3.78. The van der Waals surface area contributed by atoms with E-state index in [-0.39, 0.29) is 5.60 Å². The first-order valence-corrected chi connectivity index (χ1v) is 4.05. The van der Waals surface area contributed by atoms with Crippen molar-refractivity contribution < 1.29 is 14.4 Å². The fourth-order valence-electron chi connectivity index (χ4n) is 0.850. The average Bonchev–Trinajstić information content (AvgIpc) is 2.30. The highest BCUT2D eigenvalue weighted by Crippen LogP contribution is 2.22. The molecule has 0 N–H and O–H groups in total. The van der Waals surface area contributed by atoms with Crippen molar-refractivity contribution in [1.82, 2.24) is 4.90 Å². The van der Waals surface area contributed by atoms with Crippen molar-refractivity contribution >= 4 is 12.0 Å². The molecule has 0 aromatic rings.